The van der Waals surface area contributed by atoms with Crippen molar-refractivity contribution in [3.8, 4) is 0 Å². The Kier molecular flexibility index (Phi) is 5.86. The number of carbonyl (C=O) groups excluding carboxylic acids is 1. The van der Waals surface area contributed by atoms with Crippen molar-refractivity contribution in [1.82, 2.24) is 10.1 Å². The minimum absolute atomic E-state index is 0.154. The second-order valence-electron chi connectivity index (χ2n) is 6.53. The van der Waals surface area contributed by atoms with Crippen molar-refractivity contribution in [3.63, 3.8) is 0 Å². The number of amides is 1. The van der Waals surface area contributed by atoms with Gasteiger partial charge in [-0.1, -0.05) is 49.3 Å². The topological polar surface area (TPSA) is 71.5 Å². The lowest BCUT2D eigenvalue weighted by atomic mass is 10.1. The molecule has 6 nitrogen and oxygen atoms in total. The normalized spacial score (nSPS) is 11.2. The molecule has 3 aromatic rings. The Morgan fingerprint density at radius 3 is 2.62 bits per heavy atom. The van der Waals surface area contributed by atoms with Gasteiger partial charge in [0, 0.05) is 12.6 Å². The molecule has 0 saturated carbocycles. The smallest absolute Gasteiger partial charge is 0.240 e. The van der Waals surface area contributed by atoms with Crippen molar-refractivity contribution >= 4 is 11.8 Å². The van der Waals surface area contributed by atoms with Crippen LogP contribution in [-0.2, 0) is 17.9 Å². The molecule has 0 fully saturated rings. The SMILES string of the molecule is CC(C)c1cc(NC(=O)CN(Cc2ccccc2)Cc2ccco2)on1. The molecular weight excluding hydrogens is 330 g/mol. The maximum atomic E-state index is 12.4. The summed E-state index contributed by atoms with van der Waals surface area (Å²) in [6.45, 7) is 5.45. The number of anilines is 1. The Hall–Kier alpha value is -2.86. The van der Waals surface area contributed by atoms with E-state index < -0.39 is 0 Å². The van der Waals surface area contributed by atoms with Gasteiger partial charge in [0.05, 0.1) is 25.0 Å². The van der Waals surface area contributed by atoms with Crippen LogP contribution in [0.2, 0.25) is 0 Å². The minimum Gasteiger partial charge on any atom is -0.468 e. The van der Waals surface area contributed by atoms with Gasteiger partial charge >= 0.3 is 0 Å². The molecule has 6 heteroatoms. The van der Waals surface area contributed by atoms with E-state index in [1.54, 1.807) is 12.3 Å². The number of rotatable bonds is 8. The van der Waals surface area contributed by atoms with Crippen LogP contribution in [0.25, 0.3) is 0 Å². The van der Waals surface area contributed by atoms with Crippen molar-refractivity contribution in [2.45, 2.75) is 32.9 Å². The zero-order valence-electron chi connectivity index (χ0n) is 15.0. The van der Waals surface area contributed by atoms with Gasteiger partial charge in [0.25, 0.3) is 0 Å². The van der Waals surface area contributed by atoms with E-state index in [0.29, 0.717) is 19.0 Å². The fourth-order valence-electron chi connectivity index (χ4n) is 2.63. The van der Waals surface area contributed by atoms with Crippen LogP contribution >= 0.6 is 0 Å². The summed E-state index contributed by atoms with van der Waals surface area (Å²) in [5, 5.41) is 6.73. The number of hydrogen-bond donors (Lipinski definition) is 1. The van der Waals surface area contributed by atoms with E-state index in [1.165, 1.54) is 0 Å². The molecule has 136 valence electrons. The standard InChI is InChI=1S/C20H23N3O3/c1-15(2)18-11-20(26-22-18)21-19(24)14-23(13-17-9-6-10-25-17)12-16-7-4-3-5-8-16/h3-11,15H,12-14H2,1-2H3,(H,21,24). The van der Waals surface area contributed by atoms with Gasteiger partial charge in [0.1, 0.15) is 5.76 Å². The second kappa shape index (κ2) is 8.49. The number of hydrogen-bond acceptors (Lipinski definition) is 5. The van der Waals surface area contributed by atoms with Gasteiger partial charge in [-0.15, -0.1) is 0 Å². The van der Waals surface area contributed by atoms with Gasteiger partial charge in [-0.2, -0.15) is 0 Å². The summed E-state index contributed by atoms with van der Waals surface area (Å²) in [6.07, 6.45) is 1.64. The Balaban J connectivity index is 1.64. The van der Waals surface area contributed by atoms with Crippen LogP contribution < -0.4 is 5.32 Å². The lowest BCUT2D eigenvalue weighted by Gasteiger charge is -2.20. The molecule has 0 atom stereocenters. The summed E-state index contributed by atoms with van der Waals surface area (Å²) in [5.74, 6) is 1.28. The predicted molar refractivity (Wildman–Crippen MR) is 98.5 cm³/mol. The molecule has 1 amide bonds. The molecule has 3 rings (SSSR count). The van der Waals surface area contributed by atoms with Gasteiger partial charge < -0.3 is 8.94 Å². The van der Waals surface area contributed by atoms with E-state index in [1.807, 2.05) is 61.2 Å². The summed E-state index contributed by atoms with van der Waals surface area (Å²) < 4.78 is 10.6. The van der Waals surface area contributed by atoms with E-state index in [0.717, 1.165) is 17.0 Å². The lowest BCUT2D eigenvalue weighted by Crippen LogP contribution is -2.32. The first-order valence-electron chi connectivity index (χ1n) is 8.65. The number of nitrogens with one attached hydrogen (secondary N) is 1. The van der Waals surface area contributed by atoms with Gasteiger partial charge in [-0.3, -0.25) is 15.0 Å². The van der Waals surface area contributed by atoms with Crippen LogP contribution in [0.5, 0.6) is 0 Å². The molecule has 0 aliphatic heterocycles. The molecule has 0 spiro atoms. The fourth-order valence-corrected chi connectivity index (χ4v) is 2.63. The Morgan fingerprint density at radius 2 is 1.96 bits per heavy atom. The summed E-state index contributed by atoms with van der Waals surface area (Å²) in [5.41, 5.74) is 1.95. The summed E-state index contributed by atoms with van der Waals surface area (Å²) in [7, 11) is 0. The van der Waals surface area contributed by atoms with Crippen LogP contribution in [0, 0.1) is 0 Å². The summed E-state index contributed by atoms with van der Waals surface area (Å²) in [6, 6.07) is 15.5. The average Bonchev–Trinajstić information content (AvgIpc) is 3.27. The Labute approximate surface area is 152 Å². The van der Waals surface area contributed by atoms with Crippen LogP contribution in [-0.4, -0.2) is 22.5 Å². The van der Waals surface area contributed by atoms with E-state index in [9.17, 15) is 4.79 Å². The maximum absolute atomic E-state index is 12.4. The fraction of sp³-hybridized carbons (Fsp3) is 0.300. The molecule has 0 aliphatic carbocycles. The summed E-state index contributed by atoms with van der Waals surface area (Å²) >= 11 is 0. The number of nitrogens with zero attached hydrogens (tertiary/aromatic N) is 2. The number of furan rings is 1. The van der Waals surface area contributed by atoms with Gasteiger partial charge in [0.15, 0.2) is 0 Å². The molecule has 0 bridgehead atoms. The maximum Gasteiger partial charge on any atom is 0.240 e. The van der Waals surface area contributed by atoms with Gasteiger partial charge in [0.2, 0.25) is 11.8 Å². The largest absolute Gasteiger partial charge is 0.468 e. The molecule has 2 heterocycles. The third-order valence-corrected chi connectivity index (χ3v) is 3.96. The molecule has 2 aromatic heterocycles. The van der Waals surface area contributed by atoms with E-state index in [4.69, 9.17) is 8.94 Å². The highest BCUT2D eigenvalue weighted by Crippen LogP contribution is 2.17. The van der Waals surface area contributed by atoms with Gasteiger partial charge in [-0.25, -0.2) is 0 Å². The highest BCUT2D eigenvalue weighted by molar-refractivity contribution is 5.90. The first kappa shape index (κ1) is 17.9. The zero-order valence-corrected chi connectivity index (χ0v) is 15.0. The summed E-state index contributed by atoms with van der Waals surface area (Å²) in [4.78, 5) is 14.5. The third-order valence-electron chi connectivity index (χ3n) is 3.96. The average molecular weight is 353 g/mol. The van der Waals surface area contributed by atoms with Crippen molar-refractivity contribution in [2.75, 3.05) is 11.9 Å². The predicted octanol–water partition coefficient (Wildman–Crippen LogP) is 4.03. The van der Waals surface area contributed by atoms with Crippen LogP contribution in [0.4, 0.5) is 5.88 Å². The quantitative estimate of drug-likeness (QED) is 0.662. The molecule has 1 N–H and O–H groups in total. The molecule has 1 aromatic carbocycles. The Morgan fingerprint density at radius 1 is 1.15 bits per heavy atom. The molecule has 26 heavy (non-hydrogen) atoms. The first-order valence-corrected chi connectivity index (χ1v) is 8.65. The van der Waals surface area contributed by atoms with E-state index in [2.05, 4.69) is 10.5 Å². The highest BCUT2D eigenvalue weighted by Gasteiger charge is 2.16. The monoisotopic (exact) mass is 353 g/mol. The third kappa shape index (κ3) is 5.07. The van der Waals surface area contributed by atoms with Gasteiger partial charge in [-0.05, 0) is 23.6 Å². The highest BCUT2D eigenvalue weighted by atomic mass is 16.5. The molecule has 0 unspecified atom stereocenters. The molecule has 0 aliphatic rings. The van der Waals surface area contributed by atoms with E-state index >= 15 is 0 Å². The second-order valence-corrected chi connectivity index (χ2v) is 6.53. The molecule has 0 radical (unpaired) electrons. The molecular formula is C20H23N3O3. The zero-order chi connectivity index (χ0) is 18.4. The number of aromatic nitrogens is 1. The van der Waals surface area contributed by atoms with Crippen LogP contribution in [0.3, 0.4) is 0 Å². The van der Waals surface area contributed by atoms with Crippen molar-refractivity contribution in [2.24, 2.45) is 0 Å². The first-order chi connectivity index (χ1) is 12.6. The van der Waals surface area contributed by atoms with Crippen molar-refractivity contribution in [1.29, 1.82) is 0 Å². The van der Waals surface area contributed by atoms with Crippen molar-refractivity contribution in [3.05, 3.63) is 71.8 Å². The van der Waals surface area contributed by atoms with Crippen molar-refractivity contribution < 1.29 is 13.7 Å². The minimum atomic E-state index is -0.154. The number of benzene rings is 1. The Bertz CT molecular complexity index is 810. The van der Waals surface area contributed by atoms with Crippen LogP contribution in [0.15, 0.2) is 63.7 Å². The number of carbonyl (C=O) groups is 1. The molecule has 0 saturated heterocycles. The lowest BCUT2D eigenvalue weighted by molar-refractivity contribution is -0.117. The van der Waals surface area contributed by atoms with E-state index in [-0.39, 0.29) is 18.4 Å². The van der Waals surface area contributed by atoms with Crippen LogP contribution in [0.1, 0.15) is 36.8 Å².